The van der Waals surface area contributed by atoms with Gasteiger partial charge in [0, 0.05) is 6.42 Å². The first kappa shape index (κ1) is 16.0. The van der Waals surface area contributed by atoms with Crippen LogP contribution in [0.4, 0.5) is 0 Å². The van der Waals surface area contributed by atoms with Crippen molar-refractivity contribution in [2.75, 3.05) is 6.61 Å². The van der Waals surface area contributed by atoms with Gasteiger partial charge < -0.3 is 9.84 Å². The summed E-state index contributed by atoms with van der Waals surface area (Å²) in [6.07, 6.45) is 1.65. The highest BCUT2D eigenvalue weighted by molar-refractivity contribution is 7.11. The van der Waals surface area contributed by atoms with Crippen molar-refractivity contribution >= 4 is 11.3 Å². The van der Waals surface area contributed by atoms with Crippen LogP contribution in [-0.4, -0.2) is 16.7 Å². The zero-order valence-electron chi connectivity index (χ0n) is 13.2. The predicted molar refractivity (Wildman–Crippen MR) is 87.3 cm³/mol. The lowest BCUT2D eigenvalue weighted by molar-refractivity contribution is 0.284. The van der Waals surface area contributed by atoms with Crippen LogP contribution in [-0.2, 0) is 19.4 Å². The minimum absolute atomic E-state index is 0.0812. The van der Waals surface area contributed by atoms with E-state index in [0.717, 1.165) is 34.2 Å². The summed E-state index contributed by atoms with van der Waals surface area (Å²) >= 11 is 1.59. The molecule has 4 heteroatoms. The van der Waals surface area contributed by atoms with Gasteiger partial charge in [-0.1, -0.05) is 13.0 Å². The monoisotopic (exact) mass is 305 g/mol. The Morgan fingerprint density at radius 3 is 2.62 bits per heavy atom. The maximum Gasteiger partial charge on any atom is 0.122 e. The average Bonchev–Trinajstić information content (AvgIpc) is 2.86. The first-order chi connectivity index (χ1) is 10.0. The molecule has 2 aromatic rings. The van der Waals surface area contributed by atoms with Gasteiger partial charge in [-0.25, -0.2) is 4.98 Å². The third kappa shape index (κ3) is 3.83. The topological polar surface area (TPSA) is 42.4 Å². The van der Waals surface area contributed by atoms with Gasteiger partial charge in [0.15, 0.2) is 0 Å². The summed E-state index contributed by atoms with van der Waals surface area (Å²) in [4.78, 5) is 5.55. The van der Waals surface area contributed by atoms with Crippen molar-refractivity contribution in [1.29, 1.82) is 0 Å². The largest absolute Gasteiger partial charge is 0.493 e. The van der Waals surface area contributed by atoms with Gasteiger partial charge in [0.25, 0.3) is 0 Å². The first-order valence-corrected chi connectivity index (χ1v) is 8.15. The molecule has 0 saturated carbocycles. The molecule has 0 amide bonds. The second-order valence-corrected chi connectivity index (χ2v) is 6.46. The van der Waals surface area contributed by atoms with E-state index in [1.807, 2.05) is 0 Å². The molecule has 0 radical (unpaired) electrons. The van der Waals surface area contributed by atoms with E-state index in [2.05, 4.69) is 44.8 Å². The fourth-order valence-corrected chi connectivity index (χ4v) is 3.34. The van der Waals surface area contributed by atoms with Crippen molar-refractivity contribution in [3.05, 3.63) is 44.4 Å². The number of nitrogens with zero attached hydrogens (tertiary/aromatic N) is 1. The molecule has 1 aromatic heterocycles. The number of hydrogen-bond acceptors (Lipinski definition) is 4. The molecule has 0 fully saturated rings. The Hall–Kier alpha value is -1.39. The smallest absolute Gasteiger partial charge is 0.122 e. The van der Waals surface area contributed by atoms with Crippen LogP contribution in [0.25, 0.3) is 0 Å². The molecule has 1 aromatic carbocycles. The molecule has 0 aliphatic carbocycles. The van der Waals surface area contributed by atoms with Gasteiger partial charge >= 0.3 is 0 Å². The zero-order chi connectivity index (χ0) is 15.4. The minimum Gasteiger partial charge on any atom is -0.493 e. The van der Waals surface area contributed by atoms with Crippen LogP contribution in [0.5, 0.6) is 5.75 Å². The molecule has 0 bridgehead atoms. The molecule has 0 unspecified atom stereocenters. The summed E-state index contributed by atoms with van der Waals surface area (Å²) < 4.78 is 5.92. The number of ether oxygens (including phenoxy) is 1. The molecule has 21 heavy (non-hydrogen) atoms. The van der Waals surface area contributed by atoms with E-state index in [9.17, 15) is 5.11 Å². The van der Waals surface area contributed by atoms with Gasteiger partial charge in [-0.05, 0) is 49.9 Å². The molecule has 1 N–H and O–H groups in total. The SMILES string of the molecule is CCc1nc(CCOc2cc(C)cc(C)c2C)sc1CO. The van der Waals surface area contributed by atoms with Crippen molar-refractivity contribution in [2.24, 2.45) is 0 Å². The fourth-order valence-electron chi connectivity index (χ4n) is 2.34. The number of aliphatic hydroxyl groups is 1. The first-order valence-electron chi connectivity index (χ1n) is 7.34. The number of aliphatic hydroxyl groups excluding tert-OH is 1. The zero-order valence-corrected chi connectivity index (χ0v) is 14.0. The van der Waals surface area contributed by atoms with Crippen LogP contribution < -0.4 is 4.74 Å². The van der Waals surface area contributed by atoms with Crippen LogP contribution in [0.3, 0.4) is 0 Å². The summed E-state index contributed by atoms with van der Waals surface area (Å²) in [5.41, 5.74) is 4.69. The van der Waals surface area contributed by atoms with E-state index < -0.39 is 0 Å². The van der Waals surface area contributed by atoms with Crippen molar-refractivity contribution in [3.8, 4) is 5.75 Å². The lowest BCUT2D eigenvalue weighted by atomic mass is 10.1. The van der Waals surface area contributed by atoms with E-state index in [1.54, 1.807) is 11.3 Å². The van der Waals surface area contributed by atoms with E-state index in [4.69, 9.17) is 4.74 Å². The third-order valence-corrected chi connectivity index (χ3v) is 4.78. The summed E-state index contributed by atoms with van der Waals surface area (Å²) in [7, 11) is 0. The highest BCUT2D eigenvalue weighted by atomic mass is 32.1. The maximum atomic E-state index is 9.30. The van der Waals surface area contributed by atoms with E-state index >= 15 is 0 Å². The molecular formula is C17H23NO2S. The van der Waals surface area contributed by atoms with Crippen molar-refractivity contribution < 1.29 is 9.84 Å². The van der Waals surface area contributed by atoms with E-state index in [0.29, 0.717) is 6.61 Å². The molecule has 3 nitrogen and oxygen atoms in total. The Balaban J connectivity index is 2.00. The normalized spacial score (nSPS) is 10.9. The molecule has 0 aliphatic heterocycles. The van der Waals surface area contributed by atoms with Gasteiger partial charge in [0.2, 0.25) is 0 Å². The second-order valence-electron chi connectivity index (χ2n) is 5.29. The summed E-state index contributed by atoms with van der Waals surface area (Å²) in [5, 5.41) is 10.3. The van der Waals surface area contributed by atoms with Crippen LogP contribution >= 0.6 is 11.3 Å². The average molecular weight is 305 g/mol. The standard InChI is InChI=1S/C17H23NO2S/c1-5-14-16(10-19)21-17(18-14)6-7-20-15-9-11(2)8-12(3)13(15)4/h8-9,19H,5-7,10H2,1-4H3. The van der Waals surface area contributed by atoms with Crippen LogP contribution in [0.15, 0.2) is 12.1 Å². The van der Waals surface area contributed by atoms with Crippen molar-refractivity contribution in [2.45, 2.75) is 47.1 Å². The lowest BCUT2D eigenvalue weighted by Gasteiger charge is -2.11. The molecule has 0 atom stereocenters. The van der Waals surface area contributed by atoms with Crippen molar-refractivity contribution in [1.82, 2.24) is 4.98 Å². The highest BCUT2D eigenvalue weighted by Gasteiger charge is 2.09. The van der Waals surface area contributed by atoms with Gasteiger partial charge in [-0.15, -0.1) is 11.3 Å². The van der Waals surface area contributed by atoms with Gasteiger partial charge in [-0.2, -0.15) is 0 Å². The Kier molecular flexibility index (Phi) is 5.37. The number of thiazole rings is 1. The summed E-state index contributed by atoms with van der Waals surface area (Å²) in [6, 6.07) is 4.25. The predicted octanol–water partition coefficient (Wildman–Crippen LogP) is 3.74. The summed E-state index contributed by atoms with van der Waals surface area (Å²) in [6.45, 7) is 9.04. The van der Waals surface area contributed by atoms with Gasteiger partial charge in [0.05, 0.1) is 28.8 Å². The van der Waals surface area contributed by atoms with Gasteiger partial charge in [0.1, 0.15) is 5.75 Å². The minimum atomic E-state index is 0.0812. The number of hydrogen-bond donors (Lipinski definition) is 1. The van der Waals surface area contributed by atoms with Crippen LogP contribution in [0, 0.1) is 20.8 Å². The van der Waals surface area contributed by atoms with E-state index in [-0.39, 0.29) is 6.61 Å². The molecular weight excluding hydrogens is 282 g/mol. The van der Waals surface area contributed by atoms with Crippen LogP contribution in [0.1, 0.15) is 39.2 Å². The van der Waals surface area contributed by atoms with Crippen molar-refractivity contribution in [3.63, 3.8) is 0 Å². The molecule has 0 spiro atoms. The number of rotatable bonds is 6. The Morgan fingerprint density at radius 2 is 2.00 bits per heavy atom. The summed E-state index contributed by atoms with van der Waals surface area (Å²) in [5.74, 6) is 0.960. The van der Waals surface area contributed by atoms with Crippen LogP contribution in [0.2, 0.25) is 0 Å². The lowest BCUT2D eigenvalue weighted by Crippen LogP contribution is -2.03. The second kappa shape index (κ2) is 7.05. The number of aryl methyl sites for hydroxylation is 3. The maximum absolute atomic E-state index is 9.30. The Bertz CT molecular complexity index is 598. The molecule has 0 aliphatic rings. The highest BCUT2D eigenvalue weighted by Crippen LogP contribution is 2.24. The molecule has 0 saturated heterocycles. The van der Waals surface area contributed by atoms with E-state index in [1.165, 1.54) is 16.7 Å². The Labute approximate surface area is 130 Å². The Morgan fingerprint density at radius 1 is 1.24 bits per heavy atom. The molecule has 2 rings (SSSR count). The quantitative estimate of drug-likeness (QED) is 0.884. The number of benzene rings is 1. The fraction of sp³-hybridized carbons (Fsp3) is 0.471. The number of aromatic nitrogens is 1. The molecule has 114 valence electrons. The molecule has 1 heterocycles. The third-order valence-electron chi connectivity index (χ3n) is 3.64. The van der Waals surface area contributed by atoms with Gasteiger partial charge in [-0.3, -0.25) is 0 Å².